The van der Waals surface area contributed by atoms with Gasteiger partial charge in [0, 0.05) is 23.3 Å². The first-order valence-corrected chi connectivity index (χ1v) is 7.10. The molecule has 5 nitrogen and oxygen atoms in total. The molecule has 0 aliphatic heterocycles. The number of methoxy groups -OCH3 is 2. The Morgan fingerprint density at radius 3 is 2.57 bits per heavy atom. The molecule has 1 aromatic heterocycles. The van der Waals surface area contributed by atoms with Gasteiger partial charge in [-0.3, -0.25) is 9.78 Å². The van der Waals surface area contributed by atoms with Crippen LogP contribution in [-0.4, -0.2) is 25.1 Å². The standard InChI is InChI=1S/C18H16N2O3/c1-22-16-8-7-12(11-17(16)23-2)20-18(21)14-9-10-19-15-6-4-3-5-13(14)15/h3-11H,1-2H3,(H,20,21). The van der Waals surface area contributed by atoms with E-state index < -0.39 is 0 Å². The van der Waals surface area contributed by atoms with Crippen LogP contribution < -0.4 is 14.8 Å². The van der Waals surface area contributed by atoms with E-state index in [4.69, 9.17) is 9.47 Å². The Hall–Kier alpha value is -3.08. The second-order valence-corrected chi connectivity index (χ2v) is 4.90. The number of aromatic nitrogens is 1. The monoisotopic (exact) mass is 308 g/mol. The fraction of sp³-hybridized carbons (Fsp3) is 0.111. The highest BCUT2D eigenvalue weighted by Gasteiger charge is 2.12. The van der Waals surface area contributed by atoms with Crippen LogP contribution in [0.2, 0.25) is 0 Å². The van der Waals surface area contributed by atoms with Crippen molar-refractivity contribution in [1.82, 2.24) is 4.98 Å². The summed E-state index contributed by atoms with van der Waals surface area (Å²) >= 11 is 0. The largest absolute Gasteiger partial charge is 0.493 e. The van der Waals surface area contributed by atoms with Crippen molar-refractivity contribution in [2.45, 2.75) is 0 Å². The Morgan fingerprint density at radius 1 is 1.00 bits per heavy atom. The number of pyridine rings is 1. The normalized spacial score (nSPS) is 10.3. The summed E-state index contributed by atoms with van der Waals surface area (Å²) < 4.78 is 10.4. The van der Waals surface area contributed by atoms with Gasteiger partial charge in [0.15, 0.2) is 11.5 Å². The Balaban J connectivity index is 1.92. The van der Waals surface area contributed by atoms with Gasteiger partial charge < -0.3 is 14.8 Å². The van der Waals surface area contributed by atoms with Crippen LogP contribution in [0, 0.1) is 0 Å². The van der Waals surface area contributed by atoms with Crippen LogP contribution >= 0.6 is 0 Å². The van der Waals surface area contributed by atoms with E-state index in [1.54, 1.807) is 44.7 Å². The van der Waals surface area contributed by atoms with Crippen molar-refractivity contribution in [1.29, 1.82) is 0 Å². The minimum atomic E-state index is -0.198. The lowest BCUT2D eigenvalue weighted by Gasteiger charge is -2.11. The molecule has 0 saturated heterocycles. The van der Waals surface area contributed by atoms with Gasteiger partial charge in [-0.15, -0.1) is 0 Å². The van der Waals surface area contributed by atoms with Crippen LogP contribution in [0.4, 0.5) is 5.69 Å². The molecule has 3 aromatic rings. The molecule has 23 heavy (non-hydrogen) atoms. The molecule has 1 amide bonds. The first kappa shape index (κ1) is 14.8. The lowest BCUT2D eigenvalue weighted by molar-refractivity contribution is 0.102. The number of fused-ring (bicyclic) bond motifs is 1. The molecule has 0 radical (unpaired) electrons. The molecule has 0 atom stereocenters. The topological polar surface area (TPSA) is 60.5 Å². The number of ether oxygens (including phenoxy) is 2. The number of rotatable bonds is 4. The summed E-state index contributed by atoms with van der Waals surface area (Å²) in [5.74, 6) is 0.973. The van der Waals surface area contributed by atoms with Gasteiger partial charge in [0.1, 0.15) is 0 Å². The smallest absolute Gasteiger partial charge is 0.256 e. The number of hydrogen-bond donors (Lipinski definition) is 1. The van der Waals surface area contributed by atoms with E-state index in [-0.39, 0.29) is 5.91 Å². The summed E-state index contributed by atoms with van der Waals surface area (Å²) in [7, 11) is 3.12. The molecular weight excluding hydrogens is 292 g/mol. The third-order valence-electron chi connectivity index (χ3n) is 3.54. The van der Waals surface area contributed by atoms with Crippen molar-refractivity contribution >= 4 is 22.5 Å². The number of nitrogens with zero attached hydrogens (tertiary/aromatic N) is 1. The minimum Gasteiger partial charge on any atom is -0.493 e. The van der Waals surface area contributed by atoms with Crippen molar-refractivity contribution in [3.05, 3.63) is 60.3 Å². The first-order valence-electron chi connectivity index (χ1n) is 7.10. The summed E-state index contributed by atoms with van der Waals surface area (Å²) in [5, 5.41) is 3.69. The molecule has 1 N–H and O–H groups in total. The molecule has 5 heteroatoms. The Labute approximate surface area is 133 Å². The number of carbonyl (C=O) groups is 1. The van der Waals surface area contributed by atoms with Gasteiger partial charge in [-0.2, -0.15) is 0 Å². The van der Waals surface area contributed by atoms with E-state index >= 15 is 0 Å². The number of carbonyl (C=O) groups excluding carboxylic acids is 1. The number of nitrogens with one attached hydrogen (secondary N) is 1. The molecule has 0 unspecified atom stereocenters. The summed E-state index contributed by atoms with van der Waals surface area (Å²) in [5.41, 5.74) is 1.99. The summed E-state index contributed by atoms with van der Waals surface area (Å²) in [6.07, 6.45) is 1.63. The predicted molar refractivity (Wildman–Crippen MR) is 89.2 cm³/mol. The van der Waals surface area contributed by atoms with Crippen molar-refractivity contribution in [2.75, 3.05) is 19.5 Å². The highest BCUT2D eigenvalue weighted by atomic mass is 16.5. The first-order chi connectivity index (χ1) is 11.2. The average Bonchev–Trinajstić information content (AvgIpc) is 2.61. The lowest BCUT2D eigenvalue weighted by Crippen LogP contribution is -2.12. The Morgan fingerprint density at radius 2 is 1.78 bits per heavy atom. The molecule has 0 saturated carbocycles. The van der Waals surface area contributed by atoms with E-state index in [9.17, 15) is 4.79 Å². The zero-order valence-corrected chi connectivity index (χ0v) is 12.9. The van der Waals surface area contributed by atoms with Crippen LogP contribution in [0.25, 0.3) is 10.9 Å². The molecule has 0 spiro atoms. The van der Waals surface area contributed by atoms with E-state index in [1.165, 1.54) is 0 Å². The predicted octanol–water partition coefficient (Wildman–Crippen LogP) is 3.50. The number of hydrogen-bond acceptors (Lipinski definition) is 4. The Kier molecular flexibility index (Phi) is 4.10. The molecule has 0 fully saturated rings. The van der Waals surface area contributed by atoms with Gasteiger partial charge in [-0.1, -0.05) is 18.2 Å². The quantitative estimate of drug-likeness (QED) is 0.801. The lowest BCUT2D eigenvalue weighted by atomic mass is 10.1. The molecule has 3 rings (SSSR count). The van der Waals surface area contributed by atoms with E-state index in [0.29, 0.717) is 22.7 Å². The summed E-state index contributed by atoms with van der Waals surface area (Å²) in [4.78, 5) is 16.8. The number of anilines is 1. The minimum absolute atomic E-state index is 0.198. The maximum atomic E-state index is 12.6. The highest BCUT2D eigenvalue weighted by molar-refractivity contribution is 6.12. The summed E-state index contributed by atoms with van der Waals surface area (Å²) in [6.45, 7) is 0. The van der Waals surface area contributed by atoms with Crippen molar-refractivity contribution < 1.29 is 14.3 Å². The second-order valence-electron chi connectivity index (χ2n) is 4.90. The fourth-order valence-electron chi connectivity index (χ4n) is 2.41. The van der Waals surface area contributed by atoms with Gasteiger partial charge in [0.05, 0.1) is 25.3 Å². The molecule has 0 aliphatic carbocycles. The highest BCUT2D eigenvalue weighted by Crippen LogP contribution is 2.30. The molecule has 2 aromatic carbocycles. The van der Waals surface area contributed by atoms with Crippen LogP contribution in [-0.2, 0) is 0 Å². The van der Waals surface area contributed by atoms with Gasteiger partial charge in [-0.05, 0) is 24.3 Å². The van der Waals surface area contributed by atoms with Crippen LogP contribution in [0.5, 0.6) is 11.5 Å². The number of para-hydroxylation sites is 1. The van der Waals surface area contributed by atoms with Crippen LogP contribution in [0.3, 0.4) is 0 Å². The second kappa shape index (κ2) is 6.36. The number of benzene rings is 2. The van der Waals surface area contributed by atoms with Crippen molar-refractivity contribution in [3.8, 4) is 11.5 Å². The molecule has 1 heterocycles. The molecular formula is C18H16N2O3. The zero-order chi connectivity index (χ0) is 16.2. The van der Waals surface area contributed by atoms with Crippen molar-refractivity contribution in [2.24, 2.45) is 0 Å². The SMILES string of the molecule is COc1ccc(NC(=O)c2ccnc3ccccc23)cc1OC. The Bertz CT molecular complexity index is 857. The molecule has 116 valence electrons. The van der Waals surface area contributed by atoms with Crippen molar-refractivity contribution in [3.63, 3.8) is 0 Å². The van der Waals surface area contributed by atoms with E-state index in [2.05, 4.69) is 10.3 Å². The van der Waals surface area contributed by atoms with Crippen LogP contribution in [0.15, 0.2) is 54.7 Å². The number of amides is 1. The van der Waals surface area contributed by atoms with E-state index in [0.717, 1.165) is 10.9 Å². The van der Waals surface area contributed by atoms with E-state index in [1.807, 2.05) is 24.3 Å². The van der Waals surface area contributed by atoms with Crippen LogP contribution in [0.1, 0.15) is 10.4 Å². The van der Waals surface area contributed by atoms with Gasteiger partial charge in [0.2, 0.25) is 0 Å². The molecule has 0 bridgehead atoms. The third kappa shape index (κ3) is 2.94. The zero-order valence-electron chi connectivity index (χ0n) is 12.9. The summed E-state index contributed by atoms with van der Waals surface area (Å²) in [6, 6.07) is 14.5. The van der Waals surface area contributed by atoms with Gasteiger partial charge in [0.25, 0.3) is 5.91 Å². The maximum Gasteiger partial charge on any atom is 0.256 e. The third-order valence-corrected chi connectivity index (χ3v) is 3.54. The van der Waals surface area contributed by atoms with Gasteiger partial charge in [-0.25, -0.2) is 0 Å². The average molecular weight is 308 g/mol. The fourth-order valence-corrected chi connectivity index (χ4v) is 2.41. The molecule has 0 aliphatic rings. The maximum absolute atomic E-state index is 12.6. The van der Waals surface area contributed by atoms with Gasteiger partial charge >= 0.3 is 0 Å².